The van der Waals surface area contributed by atoms with Crippen molar-refractivity contribution >= 4 is 11.9 Å². The third kappa shape index (κ3) is 4.26. The van der Waals surface area contributed by atoms with E-state index < -0.39 is 0 Å². The lowest BCUT2D eigenvalue weighted by Crippen LogP contribution is -2.44. The Morgan fingerprint density at radius 2 is 1.85 bits per heavy atom. The first-order valence-corrected chi connectivity index (χ1v) is 10.1. The van der Waals surface area contributed by atoms with Gasteiger partial charge in [-0.15, -0.1) is 0 Å². The fourth-order valence-corrected chi connectivity index (χ4v) is 4.34. The Hall–Kier alpha value is -2.08. The number of hydrogen-bond acceptors (Lipinski definition) is 3. The molecule has 6 nitrogen and oxygen atoms in total. The van der Waals surface area contributed by atoms with Crippen LogP contribution < -0.4 is 10.6 Å². The van der Waals surface area contributed by atoms with Gasteiger partial charge < -0.3 is 20.3 Å². The summed E-state index contributed by atoms with van der Waals surface area (Å²) < 4.78 is 5.54. The number of amides is 3. The Kier molecular flexibility index (Phi) is 5.34. The second-order valence-electron chi connectivity index (χ2n) is 8.24. The fraction of sp³-hybridized carbons (Fsp3) is 0.619. The zero-order chi connectivity index (χ0) is 18.7. The lowest BCUT2D eigenvalue weighted by Gasteiger charge is -2.37. The van der Waals surface area contributed by atoms with E-state index in [4.69, 9.17) is 4.74 Å². The minimum absolute atomic E-state index is 0.0813. The third-order valence-corrected chi connectivity index (χ3v) is 6.29. The summed E-state index contributed by atoms with van der Waals surface area (Å²) in [5.41, 5.74) is 0.931. The SMILES string of the molecule is O=C(NCC1CC1)[C@H]1CN(C(=O)NCc2ccccc2)CC12CCOCC2. The molecule has 1 aromatic rings. The van der Waals surface area contributed by atoms with Crippen molar-refractivity contribution in [2.24, 2.45) is 17.3 Å². The van der Waals surface area contributed by atoms with Gasteiger partial charge in [0.25, 0.3) is 0 Å². The molecule has 0 bridgehead atoms. The summed E-state index contributed by atoms with van der Waals surface area (Å²) in [5, 5.41) is 6.14. The standard InChI is InChI=1S/C21H29N3O3/c25-19(22-12-17-6-7-17)18-14-24(15-21(18)8-10-27-11-9-21)20(26)23-13-16-4-2-1-3-5-16/h1-5,17-18H,6-15H2,(H,22,25)(H,23,26)/t18-/m1/s1. The van der Waals surface area contributed by atoms with Gasteiger partial charge in [-0.25, -0.2) is 4.79 Å². The summed E-state index contributed by atoms with van der Waals surface area (Å²) in [6, 6.07) is 9.81. The van der Waals surface area contributed by atoms with Gasteiger partial charge in [-0.3, -0.25) is 4.79 Å². The van der Waals surface area contributed by atoms with Crippen LogP contribution in [0.5, 0.6) is 0 Å². The van der Waals surface area contributed by atoms with E-state index in [-0.39, 0.29) is 23.3 Å². The van der Waals surface area contributed by atoms with Gasteiger partial charge in [0.05, 0.1) is 5.92 Å². The van der Waals surface area contributed by atoms with Crippen LogP contribution in [0, 0.1) is 17.3 Å². The lowest BCUT2D eigenvalue weighted by atomic mass is 9.72. The van der Waals surface area contributed by atoms with Crippen molar-refractivity contribution in [3.8, 4) is 0 Å². The topological polar surface area (TPSA) is 70.7 Å². The van der Waals surface area contributed by atoms with Gasteiger partial charge in [-0.05, 0) is 37.2 Å². The van der Waals surface area contributed by atoms with Crippen molar-refractivity contribution in [2.45, 2.75) is 32.2 Å². The molecule has 0 aromatic heterocycles. The molecule has 2 aliphatic heterocycles. The van der Waals surface area contributed by atoms with Crippen LogP contribution in [-0.4, -0.2) is 49.7 Å². The maximum Gasteiger partial charge on any atom is 0.317 e. The van der Waals surface area contributed by atoms with Crippen LogP contribution in [0.15, 0.2) is 30.3 Å². The number of urea groups is 1. The van der Waals surface area contributed by atoms with E-state index in [0.717, 1.165) is 24.9 Å². The minimum Gasteiger partial charge on any atom is -0.381 e. The summed E-state index contributed by atoms with van der Waals surface area (Å²) in [6.45, 7) is 3.76. The largest absolute Gasteiger partial charge is 0.381 e. The number of benzene rings is 1. The molecule has 1 aromatic carbocycles. The average molecular weight is 371 g/mol. The molecule has 4 rings (SSSR count). The highest BCUT2D eigenvalue weighted by molar-refractivity contribution is 5.82. The van der Waals surface area contributed by atoms with Gasteiger partial charge in [0.15, 0.2) is 0 Å². The Labute approximate surface area is 160 Å². The molecule has 3 aliphatic rings. The molecule has 1 atom stereocenters. The lowest BCUT2D eigenvalue weighted by molar-refractivity contribution is -0.129. The van der Waals surface area contributed by atoms with Crippen LogP contribution in [0.1, 0.15) is 31.2 Å². The predicted molar refractivity (Wildman–Crippen MR) is 102 cm³/mol. The number of nitrogens with zero attached hydrogens (tertiary/aromatic N) is 1. The zero-order valence-electron chi connectivity index (χ0n) is 15.8. The summed E-state index contributed by atoms with van der Waals surface area (Å²) >= 11 is 0. The van der Waals surface area contributed by atoms with Crippen LogP contribution >= 0.6 is 0 Å². The van der Waals surface area contributed by atoms with Crippen molar-refractivity contribution in [3.05, 3.63) is 35.9 Å². The van der Waals surface area contributed by atoms with E-state index in [0.29, 0.717) is 38.8 Å². The highest BCUT2D eigenvalue weighted by atomic mass is 16.5. The second-order valence-corrected chi connectivity index (χ2v) is 8.24. The molecule has 27 heavy (non-hydrogen) atoms. The fourth-order valence-electron chi connectivity index (χ4n) is 4.34. The molecule has 3 amide bonds. The van der Waals surface area contributed by atoms with Gasteiger partial charge in [-0.2, -0.15) is 0 Å². The highest BCUT2D eigenvalue weighted by Gasteiger charge is 2.51. The van der Waals surface area contributed by atoms with Crippen molar-refractivity contribution in [1.82, 2.24) is 15.5 Å². The maximum absolute atomic E-state index is 12.9. The molecule has 2 N–H and O–H groups in total. The zero-order valence-corrected chi connectivity index (χ0v) is 15.8. The Balaban J connectivity index is 1.39. The molecular weight excluding hydrogens is 342 g/mol. The van der Waals surface area contributed by atoms with Crippen molar-refractivity contribution in [3.63, 3.8) is 0 Å². The Bertz CT molecular complexity index is 669. The van der Waals surface area contributed by atoms with Crippen molar-refractivity contribution in [2.75, 3.05) is 32.8 Å². The summed E-state index contributed by atoms with van der Waals surface area (Å²) in [7, 11) is 0. The summed E-state index contributed by atoms with van der Waals surface area (Å²) in [5.74, 6) is 0.635. The molecule has 1 spiro atoms. The normalized spacial score (nSPS) is 24.0. The first kappa shape index (κ1) is 18.3. The number of likely N-dealkylation sites (tertiary alicyclic amines) is 1. The summed E-state index contributed by atoms with van der Waals surface area (Å²) in [4.78, 5) is 27.5. The summed E-state index contributed by atoms with van der Waals surface area (Å²) in [6.07, 6.45) is 4.13. The number of carbonyl (C=O) groups excluding carboxylic acids is 2. The molecule has 1 aliphatic carbocycles. The van der Waals surface area contributed by atoms with E-state index >= 15 is 0 Å². The third-order valence-electron chi connectivity index (χ3n) is 6.29. The molecular formula is C21H29N3O3. The van der Waals surface area contributed by atoms with Crippen LogP contribution in [-0.2, 0) is 16.1 Å². The van der Waals surface area contributed by atoms with Crippen molar-refractivity contribution in [1.29, 1.82) is 0 Å². The van der Waals surface area contributed by atoms with Crippen LogP contribution in [0.3, 0.4) is 0 Å². The highest BCUT2D eigenvalue weighted by Crippen LogP contribution is 2.44. The number of rotatable bonds is 5. The van der Waals surface area contributed by atoms with Crippen LogP contribution in [0.25, 0.3) is 0 Å². The number of hydrogen-bond donors (Lipinski definition) is 2. The number of nitrogens with one attached hydrogen (secondary N) is 2. The predicted octanol–water partition coefficient (Wildman–Crippen LogP) is 2.15. The number of ether oxygens (including phenoxy) is 1. The monoisotopic (exact) mass is 371 g/mol. The van der Waals surface area contributed by atoms with E-state index in [1.54, 1.807) is 0 Å². The van der Waals surface area contributed by atoms with Gasteiger partial charge in [-0.1, -0.05) is 30.3 Å². The molecule has 146 valence electrons. The van der Waals surface area contributed by atoms with Gasteiger partial charge >= 0.3 is 6.03 Å². The molecule has 0 unspecified atom stereocenters. The van der Waals surface area contributed by atoms with Gasteiger partial charge in [0.1, 0.15) is 0 Å². The number of carbonyl (C=O) groups is 2. The Morgan fingerprint density at radius 3 is 2.56 bits per heavy atom. The maximum atomic E-state index is 12.9. The smallest absolute Gasteiger partial charge is 0.317 e. The van der Waals surface area contributed by atoms with E-state index in [9.17, 15) is 9.59 Å². The minimum atomic E-state index is -0.143. The molecule has 2 heterocycles. The van der Waals surface area contributed by atoms with Crippen molar-refractivity contribution < 1.29 is 14.3 Å². The Morgan fingerprint density at radius 1 is 1.11 bits per heavy atom. The van der Waals surface area contributed by atoms with Crippen LogP contribution in [0.4, 0.5) is 4.79 Å². The van der Waals surface area contributed by atoms with E-state index in [1.807, 2.05) is 35.2 Å². The molecule has 6 heteroatoms. The molecule has 0 radical (unpaired) electrons. The first-order chi connectivity index (χ1) is 13.2. The van der Waals surface area contributed by atoms with Gasteiger partial charge in [0.2, 0.25) is 5.91 Å². The quantitative estimate of drug-likeness (QED) is 0.833. The molecule has 3 fully saturated rings. The average Bonchev–Trinajstić information content (AvgIpc) is 3.47. The van der Waals surface area contributed by atoms with Crippen LogP contribution in [0.2, 0.25) is 0 Å². The second kappa shape index (κ2) is 7.89. The van der Waals surface area contributed by atoms with Gasteiger partial charge in [0, 0.05) is 44.8 Å². The van der Waals surface area contributed by atoms with E-state index in [1.165, 1.54) is 12.8 Å². The molecule has 2 saturated heterocycles. The van der Waals surface area contributed by atoms with E-state index in [2.05, 4.69) is 10.6 Å². The first-order valence-electron chi connectivity index (χ1n) is 10.1. The molecule has 1 saturated carbocycles.